The molecular formula is C28H37BN6O5S. The van der Waals surface area contributed by atoms with Gasteiger partial charge in [0.15, 0.2) is 5.82 Å². The van der Waals surface area contributed by atoms with Crippen LogP contribution in [-0.4, -0.2) is 57.9 Å². The van der Waals surface area contributed by atoms with Crippen LogP contribution in [-0.2, 0) is 19.3 Å². The second kappa shape index (κ2) is 10.0. The first-order valence-electron chi connectivity index (χ1n) is 13.7. The predicted octanol–water partition coefficient (Wildman–Crippen LogP) is 4.00. The lowest BCUT2D eigenvalue weighted by atomic mass is 9.80. The molecule has 0 spiro atoms. The minimum atomic E-state index is -3.78. The van der Waals surface area contributed by atoms with Crippen molar-refractivity contribution in [2.24, 2.45) is 0 Å². The number of rotatable bonds is 7. The fourth-order valence-electron chi connectivity index (χ4n) is 4.47. The molecule has 0 bridgehead atoms. The molecule has 2 aliphatic rings. The van der Waals surface area contributed by atoms with Crippen LogP contribution in [0.25, 0.3) is 11.4 Å². The lowest BCUT2D eigenvalue weighted by molar-refractivity contribution is 0.00578. The van der Waals surface area contributed by atoms with Gasteiger partial charge < -0.3 is 14.6 Å². The molecule has 3 aromatic rings. The zero-order valence-electron chi connectivity index (χ0n) is 24.8. The van der Waals surface area contributed by atoms with Crippen LogP contribution in [0.2, 0.25) is 0 Å². The van der Waals surface area contributed by atoms with E-state index in [9.17, 15) is 13.2 Å². The maximum atomic E-state index is 13.0. The van der Waals surface area contributed by atoms with Gasteiger partial charge in [-0.3, -0.25) is 4.79 Å². The van der Waals surface area contributed by atoms with Crippen LogP contribution in [0.15, 0.2) is 41.4 Å². The van der Waals surface area contributed by atoms with Crippen molar-refractivity contribution in [2.75, 3.05) is 5.32 Å². The van der Waals surface area contributed by atoms with Gasteiger partial charge in [-0.05, 0) is 73.4 Å². The molecule has 1 saturated heterocycles. The molecule has 0 amide bonds. The van der Waals surface area contributed by atoms with Crippen LogP contribution < -0.4 is 15.5 Å². The maximum absolute atomic E-state index is 13.0. The average molecular weight is 581 g/mol. The van der Waals surface area contributed by atoms with Gasteiger partial charge in [-0.15, -0.1) is 0 Å². The predicted molar refractivity (Wildman–Crippen MR) is 157 cm³/mol. The number of carbonyl (C=O) groups excluding carboxylic acids is 1. The van der Waals surface area contributed by atoms with Crippen LogP contribution in [0.5, 0.6) is 0 Å². The van der Waals surface area contributed by atoms with Gasteiger partial charge >= 0.3 is 7.12 Å². The number of carbonyl (C=O) groups is 1. The molecule has 5 rings (SSSR count). The number of aromatic nitrogens is 4. The highest BCUT2D eigenvalue weighted by atomic mass is 32.2. The smallest absolute Gasteiger partial charge is 0.399 e. The van der Waals surface area contributed by atoms with Gasteiger partial charge in [-0.25, -0.2) is 23.1 Å². The quantitative estimate of drug-likeness (QED) is 0.397. The maximum Gasteiger partial charge on any atom is 0.500 e. The van der Waals surface area contributed by atoms with E-state index in [1.165, 1.54) is 23.7 Å². The molecular weight excluding hydrogens is 543 g/mol. The Balaban J connectivity index is 1.58. The van der Waals surface area contributed by atoms with Crippen LogP contribution in [0.4, 0.5) is 11.6 Å². The molecule has 3 heterocycles. The first-order chi connectivity index (χ1) is 19.0. The summed E-state index contributed by atoms with van der Waals surface area (Å²) in [4.78, 5) is 21.9. The zero-order valence-corrected chi connectivity index (χ0v) is 25.6. The number of sulfonamides is 1. The molecule has 2 aromatic heterocycles. The van der Waals surface area contributed by atoms with Gasteiger partial charge in [0.2, 0.25) is 15.9 Å². The monoisotopic (exact) mass is 580 g/mol. The summed E-state index contributed by atoms with van der Waals surface area (Å²) in [5.41, 5.74) is 0.0384. The first-order valence-corrected chi connectivity index (χ1v) is 15.2. The molecule has 11 nitrogen and oxygen atoms in total. The molecule has 218 valence electrons. The lowest BCUT2D eigenvalue weighted by Crippen LogP contribution is -2.41. The molecule has 1 aromatic carbocycles. The van der Waals surface area contributed by atoms with Crippen molar-refractivity contribution in [2.45, 2.75) is 95.8 Å². The summed E-state index contributed by atoms with van der Waals surface area (Å²) in [5, 5.41) is 7.80. The molecule has 0 unspecified atom stereocenters. The van der Waals surface area contributed by atoms with Crippen LogP contribution in [0, 0.1) is 0 Å². The number of nitrogens with one attached hydrogen (secondary N) is 2. The topological polar surface area (TPSA) is 137 Å². The SMILES string of the molecule is CC(=O)n1nc(C2CC2)cc1Nc1nc(-c2cccc(S(=O)(=O)NC(C)(C)C)c2)ncc1B1OC(C)(C)C(C)(C)O1. The van der Waals surface area contributed by atoms with Gasteiger partial charge in [-0.2, -0.15) is 9.78 Å². The number of hydrogen-bond donors (Lipinski definition) is 2. The average Bonchev–Trinajstić information content (AvgIpc) is 3.57. The Hall–Kier alpha value is -3.13. The second-order valence-corrected chi connectivity index (χ2v) is 14.4. The molecule has 1 saturated carbocycles. The Morgan fingerprint density at radius 3 is 2.34 bits per heavy atom. The summed E-state index contributed by atoms with van der Waals surface area (Å²) in [7, 11) is -4.56. The molecule has 2 N–H and O–H groups in total. The van der Waals surface area contributed by atoms with Crippen molar-refractivity contribution >= 4 is 40.1 Å². The Morgan fingerprint density at radius 2 is 1.76 bits per heavy atom. The third-order valence-corrected chi connectivity index (χ3v) is 9.19. The van der Waals surface area contributed by atoms with Crippen LogP contribution in [0.3, 0.4) is 0 Å². The summed E-state index contributed by atoms with van der Waals surface area (Å²) >= 11 is 0. The fraction of sp³-hybridized carbons (Fsp3) is 0.500. The molecule has 1 aliphatic heterocycles. The molecule has 1 aliphatic carbocycles. The van der Waals surface area contributed by atoms with Crippen LogP contribution in [0.1, 0.15) is 84.6 Å². The standard InChI is InChI=1S/C28H37BN6O5S/c1-17(36)35-23(15-22(33-35)18-12-13-18)31-25-21(29-39-27(5,6)28(7,8)40-29)16-30-24(32-25)19-10-9-11-20(14-19)41(37,38)34-26(2,3)4/h9-11,14-16,18,34H,12-13H2,1-8H3,(H,30,31,32). The molecule has 0 radical (unpaired) electrons. The number of nitrogens with zero attached hydrogens (tertiary/aromatic N) is 4. The highest BCUT2D eigenvalue weighted by molar-refractivity contribution is 7.89. The molecule has 13 heteroatoms. The van der Waals surface area contributed by atoms with Gasteiger partial charge in [0, 0.05) is 41.7 Å². The van der Waals surface area contributed by atoms with Crippen molar-refractivity contribution in [3.05, 3.63) is 42.2 Å². The summed E-state index contributed by atoms with van der Waals surface area (Å²) in [6.07, 6.45) is 3.68. The van der Waals surface area contributed by atoms with Gasteiger partial charge in [0.1, 0.15) is 11.6 Å². The lowest BCUT2D eigenvalue weighted by Gasteiger charge is -2.32. The second-order valence-electron chi connectivity index (χ2n) is 12.8. The van der Waals surface area contributed by atoms with Gasteiger partial charge in [0.25, 0.3) is 0 Å². The summed E-state index contributed by atoms with van der Waals surface area (Å²) in [5.74, 6) is 1.21. The summed E-state index contributed by atoms with van der Waals surface area (Å²) < 4.78 is 42.6. The fourth-order valence-corrected chi connectivity index (χ4v) is 5.93. The number of hydrogen-bond acceptors (Lipinski definition) is 9. The minimum Gasteiger partial charge on any atom is -0.399 e. The first kappa shape index (κ1) is 29.4. The largest absolute Gasteiger partial charge is 0.500 e. The third-order valence-electron chi connectivity index (χ3n) is 7.44. The van der Waals surface area contributed by atoms with E-state index < -0.39 is 33.9 Å². The zero-order chi connectivity index (χ0) is 30.0. The van der Waals surface area contributed by atoms with Crippen molar-refractivity contribution in [3.8, 4) is 11.4 Å². The Kier molecular flexibility index (Phi) is 7.17. The van der Waals surface area contributed by atoms with Gasteiger partial charge in [-0.1, -0.05) is 12.1 Å². The van der Waals surface area contributed by atoms with E-state index in [4.69, 9.17) is 14.3 Å². The van der Waals surface area contributed by atoms with Crippen molar-refractivity contribution < 1.29 is 22.5 Å². The third kappa shape index (κ3) is 6.08. The van der Waals surface area contributed by atoms with E-state index >= 15 is 0 Å². The van der Waals surface area contributed by atoms with E-state index in [1.54, 1.807) is 39.1 Å². The Labute approximate surface area is 241 Å². The van der Waals surface area contributed by atoms with E-state index in [1.807, 2.05) is 33.8 Å². The van der Waals surface area contributed by atoms with Gasteiger partial charge in [0.05, 0.1) is 21.8 Å². The molecule has 0 atom stereocenters. The minimum absolute atomic E-state index is 0.0989. The normalized spacial score (nSPS) is 18.5. The van der Waals surface area contributed by atoms with Crippen molar-refractivity contribution in [1.29, 1.82) is 0 Å². The van der Waals surface area contributed by atoms with E-state index in [2.05, 4.69) is 20.1 Å². The van der Waals surface area contributed by atoms with Crippen molar-refractivity contribution in [1.82, 2.24) is 24.5 Å². The Morgan fingerprint density at radius 1 is 1.10 bits per heavy atom. The van der Waals surface area contributed by atoms with E-state index in [-0.39, 0.29) is 16.6 Å². The summed E-state index contributed by atoms with van der Waals surface area (Å²) in [6, 6.07) is 8.32. The molecule has 2 fully saturated rings. The van der Waals surface area contributed by atoms with E-state index in [0.717, 1.165) is 18.5 Å². The number of benzene rings is 1. The summed E-state index contributed by atoms with van der Waals surface area (Å²) in [6.45, 7) is 14.6. The van der Waals surface area contributed by atoms with Crippen molar-refractivity contribution in [3.63, 3.8) is 0 Å². The molecule has 41 heavy (non-hydrogen) atoms. The Bertz CT molecular complexity index is 1590. The van der Waals surface area contributed by atoms with Crippen LogP contribution >= 0.6 is 0 Å². The highest BCUT2D eigenvalue weighted by Gasteiger charge is 2.52. The highest BCUT2D eigenvalue weighted by Crippen LogP contribution is 2.41. The van der Waals surface area contributed by atoms with E-state index in [0.29, 0.717) is 28.6 Å². The number of anilines is 2.